The summed E-state index contributed by atoms with van der Waals surface area (Å²) in [6.45, 7) is -0.317. The molecule has 10 heteroatoms. The zero-order valence-corrected chi connectivity index (χ0v) is 17.7. The fourth-order valence-corrected chi connectivity index (χ4v) is 4.76. The SMILES string of the molecule is C/C(=N\NC(=O)c1cccc(S(=O)(=O)N2CCCCC2)c1)c1ccc(OC(F)F)cc1. The minimum absolute atomic E-state index is 0.0160. The number of hydrogen-bond donors (Lipinski definition) is 1. The van der Waals surface area contributed by atoms with Crippen LogP contribution in [0.5, 0.6) is 5.75 Å². The molecule has 31 heavy (non-hydrogen) atoms. The molecule has 7 nitrogen and oxygen atoms in total. The molecule has 0 spiro atoms. The molecular weight excluding hydrogens is 428 g/mol. The smallest absolute Gasteiger partial charge is 0.387 e. The molecule has 2 aromatic carbocycles. The molecule has 0 radical (unpaired) electrons. The molecule has 0 aromatic heterocycles. The molecule has 166 valence electrons. The Morgan fingerprint density at radius 2 is 1.74 bits per heavy atom. The maximum absolute atomic E-state index is 12.8. The van der Waals surface area contributed by atoms with Crippen LogP contribution in [0.1, 0.15) is 42.1 Å². The third-order valence-corrected chi connectivity index (χ3v) is 6.77. The Balaban J connectivity index is 1.69. The van der Waals surface area contributed by atoms with Gasteiger partial charge in [0.05, 0.1) is 10.6 Å². The van der Waals surface area contributed by atoms with Crippen molar-refractivity contribution in [1.82, 2.24) is 9.73 Å². The number of carbonyl (C=O) groups is 1. The Morgan fingerprint density at radius 3 is 2.39 bits per heavy atom. The predicted molar refractivity (Wildman–Crippen MR) is 112 cm³/mol. The second kappa shape index (κ2) is 9.97. The molecule has 1 amide bonds. The summed E-state index contributed by atoms with van der Waals surface area (Å²) in [5.74, 6) is -0.546. The van der Waals surface area contributed by atoms with E-state index < -0.39 is 22.5 Å². The third kappa shape index (κ3) is 5.86. The number of ether oxygens (including phenoxy) is 1. The lowest BCUT2D eigenvalue weighted by Gasteiger charge is -2.25. The van der Waals surface area contributed by atoms with Crippen molar-refractivity contribution in [2.45, 2.75) is 37.7 Å². The lowest BCUT2D eigenvalue weighted by molar-refractivity contribution is -0.0498. The molecular formula is C21H23F2N3O4S. The number of benzene rings is 2. The van der Waals surface area contributed by atoms with Crippen LogP contribution in [0.25, 0.3) is 0 Å². The summed E-state index contributed by atoms with van der Waals surface area (Å²) in [6.07, 6.45) is 2.65. The molecule has 1 N–H and O–H groups in total. The van der Waals surface area contributed by atoms with E-state index in [4.69, 9.17) is 0 Å². The molecule has 1 fully saturated rings. The molecule has 0 aliphatic carbocycles. The Bertz CT molecular complexity index is 1050. The number of hydrogen-bond acceptors (Lipinski definition) is 5. The van der Waals surface area contributed by atoms with E-state index in [0.717, 1.165) is 19.3 Å². The highest BCUT2D eigenvalue weighted by molar-refractivity contribution is 7.89. The summed E-state index contributed by atoms with van der Waals surface area (Å²) in [5.41, 5.74) is 3.59. The largest absolute Gasteiger partial charge is 0.435 e. The summed E-state index contributed by atoms with van der Waals surface area (Å²) in [4.78, 5) is 12.5. The van der Waals surface area contributed by atoms with Crippen molar-refractivity contribution in [1.29, 1.82) is 0 Å². The van der Waals surface area contributed by atoms with E-state index in [-0.39, 0.29) is 16.2 Å². The lowest BCUT2D eigenvalue weighted by Crippen LogP contribution is -2.35. The first-order valence-corrected chi connectivity index (χ1v) is 11.2. The van der Waals surface area contributed by atoms with Gasteiger partial charge in [0.2, 0.25) is 10.0 Å². The lowest BCUT2D eigenvalue weighted by atomic mass is 10.1. The highest BCUT2D eigenvalue weighted by Crippen LogP contribution is 2.21. The van der Waals surface area contributed by atoms with E-state index in [9.17, 15) is 22.0 Å². The van der Waals surface area contributed by atoms with Gasteiger partial charge in [-0.05, 0) is 67.8 Å². The average Bonchev–Trinajstić information content (AvgIpc) is 2.78. The Morgan fingerprint density at radius 1 is 1.06 bits per heavy atom. The van der Waals surface area contributed by atoms with Crippen LogP contribution in [0.2, 0.25) is 0 Å². The van der Waals surface area contributed by atoms with Crippen LogP contribution >= 0.6 is 0 Å². The molecule has 0 atom stereocenters. The number of sulfonamides is 1. The van der Waals surface area contributed by atoms with Crippen molar-refractivity contribution in [3.05, 3.63) is 59.7 Å². The van der Waals surface area contributed by atoms with Crippen LogP contribution in [-0.2, 0) is 10.0 Å². The van der Waals surface area contributed by atoms with Crippen molar-refractivity contribution in [2.75, 3.05) is 13.1 Å². The molecule has 1 aliphatic rings. The molecule has 0 bridgehead atoms. The number of rotatable bonds is 7. The highest BCUT2D eigenvalue weighted by Gasteiger charge is 2.26. The quantitative estimate of drug-likeness (QED) is 0.515. The van der Waals surface area contributed by atoms with Gasteiger partial charge in [-0.15, -0.1) is 0 Å². The van der Waals surface area contributed by atoms with E-state index in [1.165, 1.54) is 52.8 Å². The monoisotopic (exact) mass is 451 g/mol. The molecule has 0 saturated carbocycles. The van der Waals surface area contributed by atoms with E-state index in [1.54, 1.807) is 6.92 Å². The van der Waals surface area contributed by atoms with Crippen LogP contribution in [0.3, 0.4) is 0 Å². The fourth-order valence-electron chi connectivity index (χ4n) is 3.19. The first kappa shape index (κ1) is 22.8. The Kier molecular flexibility index (Phi) is 7.34. The number of amides is 1. The van der Waals surface area contributed by atoms with Gasteiger partial charge in [0, 0.05) is 18.7 Å². The van der Waals surface area contributed by atoms with Crippen LogP contribution in [-0.4, -0.2) is 44.0 Å². The van der Waals surface area contributed by atoms with Crippen molar-refractivity contribution < 1.29 is 26.7 Å². The highest BCUT2D eigenvalue weighted by atomic mass is 32.2. The Labute approximate surface area is 179 Å². The number of nitrogens with one attached hydrogen (secondary N) is 1. The van der Waals surface area contributed by atoms with Crippen molar-refractivity contribution in [3.8, 4) is 5.75 Å². The third-order valence-electron chi connectivity index (χ3n) is 4.87. The van der Waals surface area contributed by atoms with Gasteiger partial charge in [-0.1, -0.05) is 12.5 Å². The van der Waals surface area contributed by atoms with E-state index in [1.807, 2.05) is 0 Å². The molecule has 1 aliphatic heterocycles. The number of carbonyl (C=O) groups excluding carboxylic acids is 1. The number of hydrazone groups is 1. The van der Waals surface area contributed by atoms with Gasteiger partial charge >= 0.3 is 6.61 Å². The number of halogens is 2. The standard InChI is InChI=1S/C21H23F2N3O4S/c1-15(16-8-10-18(11-9-16)30-21(22)23)24-25-20(27)17-6-5-7-19(14-17)31(28,29)26-12-3-2-4-13-26/h5-11,14,21H,2-4,12-13H2,1H3,(H,25,27)/b24-15+. The second-order valence-corrected chi connectivity index (χ2v) is 8.97. The van der Waals surface area contributed by atoms with E-state index >= 15 is 0 Å². The van der Waals surface area contributed by atoms with Crippen LogP contribution < -0.4 is 10.2 Å². The van der Waals surface area contributed by atoms with Gasteiger partial charge in [-0.3, -0.25) is 4.79 Å². The topological polar surface area (TPSA) is 88.1 Å². The van der Waals surface area contributed by atoms with Gasteiger partial charge in [0.1, 0.15) is 5.75 Å². The van der Waals surface area contributed by atoms with Gasteiger partial charge in [0.15, 0.2) is 0 Å². The zero-order chi connectivity index (χ0) is 22.4. The maximum Gasteiger partial charge on any atom is 0.387 e. The van der Waals surface area contributed by atoms with Crippen molar-refractivity contribution in [2.24, 2.45) is 5.10 Å². The molecule has 1 saturated heterocycles. The summed E-state index contributed by atoms with van der Waals surface area (Å²) >= 11 is 0. The van der Waals surface area contributed by atoms with Crippen molar-refractivity contribution >= 4 is 21.6 Å². The van der Waals surface area contributed by atoms with Crippen LogP contribution in [0.15, 0.2) is 58.5 Å². The Hall–Kier alpha value is -2.85. The van der Waals surface area contributed by atoms with Crippen LogP contribution in [0, 0.1) is 0 Å². The van der Waals surface area contributed by atoms with Crippen molar-refractivity contribution in [3.63, 3.8) is 0 Å². The molecule has 1 heterocycles. The van der Waals surface area contributed by atoms with Crippen LogP contribution in [0.4, 0.5) is 8.78 Å². The number of alkyl halides is 2. The first-order chi connectivity index (χ1) is 14.8. The normalized spacial score (nSPS) is 15.7. The summed E-state index contributed by atoms with van der Waals surface area (Å²) < 4.78 is 55.8. The summed E-state index contributed by atoms with van der Waals surface area (Å²) in [5, 5.41) is 4.01. The average molecular weight is 451 g/mol. The summed E-state index contributed by atoms with van der Waals surface area (Å²) in [6, 6.07) is 11.6. The minimum Gasteiger partial charge on any atom is -0.435 e. The van der Waals surface area contributed by atoms with E-state index in [0.29, 0.717) is 24.4 Å². The molecule has 2 aromatic rings. The van der Waals surface area contributed by atoms with Gasteiger partial charge in [-0.25, -0.2) is 13.8 Å². The van der Waals surface area contributed by atoms with Gasteiger partial charge in [0.25, 0.3) is 5.91 Å². The number of nitrogens with zero attached hydrogens (tertiary/aromatic N) is 2. The minimum atomic E-state index is -3.65. The zero-order valence-electron chi connectivity index (χ0n) is 16.9. The van der Waals surface area contributed by atoms with E-state index in [2.05, 4.69) is 15.3 Å². The van der Waals surface area contributed by atoms with Gasteiger partial charge in [-0.2, -0.15) is 18.2 Å². The maximum atomic E-state index is 12.8. The molecule has 3 rings (SSSR count). The van der Waals surface area contributed by atoms with Gasteiger partial charge < -0.3 is 4.74 Å². The molecule has 0 unspecified atom stereocenters. The predicted octanol–water partition coefficient (Wildman–Crippen LogP) is 3.62. The first-order valence-electron chi connectivity index (χ1n) is 9.77. The second-order valence-electron chi connectivity index (χ2n) is 7.03. The fraction of sp³-hybridized carbons (Fsp3) is 0.333. The summed E-state index contributed by atoms with van der Waals surface area (Å²) in [7, 11) is -3.65. The number of piperidine rings is 1.